The Morgan fingerprint density at radius 2 is 1.84 bits per heavy atom. The zero-order valence-corrected chi connectivity index (χ0v) is 19.2. The monoisotopic (exact) mass is 468 g/mol. The molecule has 1 aromatic heterocycles. The number of anilines is 1. The SMILES string of the molecule is CCOC(=O)c1nc(-c2c(F)cc(C3CCOCC3)cc2F)sc1NC(=O)OC(C)(C)C. The molecule has 1 N–H and O–H groups in total. The Kier molecular flexibility index (Phi) is 7.45. The molecule has 1 amide bonds. The van der Waals surface area contributed by atoms with Crippen molar-refractivity contribution in [2.24, 2.45) is 0 Å². The molecule has 7 nitrogen and oxygen atoms in total. The van der Waals surface area contributed by atoms with Gasteiger partial charge in [-0.2, -0.15) is 0 Å². The van der Waals surface area contributed by atoms with Crippen molar-refractivity contribution < 1.29 is 32.6 Å². The second-order valence-electron chi connectivity index (χ2n) is 8.29. The molecule has 2 heterocycles. The summed E-state index contributed by atoms with van der Waals surface area (Å²) in [5.41, 5.74) is -0.833. The van der Waals surface area contributed by atoms with Gasteiger partial charge in [0.15, 0.2) is 5.69 Å². The minimum absolute atomic E-state index is 0.0117. The van der Waals surface area contributed by atoms with Crippen LogP contribution in [0.4, 0.5) is 18.6 Å². The van der Waals surface area contributed by atoms with E-state index in [1.165, 1.54) is 12.1 Å². The van der Waals surface area contributed by atoms with Gasteiger partial charge in [0.2, 0.25) is 0 Å². The molecule has 0 spiro atoms. The summed E-state index contributed by atoms with van der Waals surface area (Å²) < 4.78 is 45.5. The van der Waals surface area contributed by atoms with Gasteiger partial charge >= 0.3 is 12.1 Å². The molecule has 0 bridgehead atoms. The highest BCUT2D eigenvalue weighted by atomic mass is 32.1. The van der Waals surface area contributed by atoms with E-state index in [-0.39, 0.29) is 33.8 Å². The maximum atomic E-state index is 15.0. The van der Waals surface area contributed by atoms with Gasteiger partial charge in [-0.1, -0.05) is 11.3 Å². The highest BCUT2D eigenvalue weighted by Gasteiger charge is 2.27. The Labute approximate surface area is 189 Å². The fraction of sp³-hybridized carbons (Fsp3) is 0.500. The lowest BCUT2D eigenvalue weighted by Crippen LogP contribution is -2.27. The Hall–Kier alpha value is -2.59. The lowest BCUT2D eigenvalue weighted by atomic mass is 9.91. The summed E-state index contributed by atoms with van der Waals surface area (Å²) in [7, 11) is 0. The van der Waals surface area contributed by atoms with Crippen LogP contribution in [-0.2, 0) is 14.2 Å². The number of hydrogen-bond donors (Lipinski definition) is 1. The first kappa shape index (κ1) is 24.1. The molecular formula is C22H26F2N2O5S. The average Bonchev–Trinajstić information content (AvgIpc) is 3.10. The van der Waals surface area contributed by atoms with Gasteiger partial charge in [0.05, 0.1) is 12.2 Å². The lowest BCUT2D eigenvalue weighted by Gasteiger charge is -2.22. The van der Waals surface area contributed by atoms with Crippen LogP contribution in [0.1, 0.15) is 62.5 Å². The van der Waals surface area contributed by atoms with Gasteiger partial charge in [0, 0.05) is 13.2 Å². The summed E-state index contributed by atoms with van der Waals surface area (Å²) >= 11 is 0.767. The maximum absolute atomic E-state index is 15.0. The zero-order valence-electron chi connectivity index (χ0n) is 18.4. The predicted molar refractivity (Wildman–Crippen MR) is 116 cm³/mol. The molecule has 32 heavy (non-hydrogen) atoms. The molecule has 10 heteroatoms. The van der Waals surface area contributed by atoms with E-state index in [0.29, 0.717) is 31.6 Å². The number of hydrogen-bond acceptors (Lipinski definition) is 7. The van der Waals surface area contributed by atoms with Gasteiger partial charge in [-0.3, -0.25) is 5.32 Å². The first-order valence-electron chi connectivity index (χ1n) is 10.3. The number of carbonyl (C=O) groups excluding carboxylic acids is 2. The second-order valence-corrected chi connectivity index (χ2v) is 9.29. The molecule has 1 fully saturated rings. The van der Waals surface area contributed by atoms with Crippen molar-refractivity contribution in [2.75, 3.05) is 25.1 Å². The van der Waals surface area contributed by atoms with Gasteiger partial charge < -0.3 is 14.2 Å². The molecule has 1 aromatic carbocycles. The molecule has 0 atom stereocenters. The standard InChI is InChI=1S/C22H26F2N2O5S/c1-5-30-20(27)17-19(26-21(28)31-22(2,3)4)32-18(25-17)16-14(23)10-13(11-15(16)24)12-6-8-29-9-7-12/h10-12H,5-9H2,1-4H3,(H,26,28). The topological polar surface area (TPSA) is 86.8 Å². The second kappa shape index (κ2) is 9.91. The first-order valence-corrected chi connectivity index (χ1v) is 11.2. The van der Waals surface area contributed by atoms with E-state index in [9.17, 15) is 18.4 Å². The predicted octanol–water partition coefficient (Wildman–Crippen LogP) is 5.51. The Balaban J connectivity index is 1.96. The van der Waals surface area contributed by atoms with E-state index in [0.717, 1.165) is 11.3 Å². The van der Waals surface area contributed by atoms with Crippen LogP contribution in [0, 0.1) is 11.6 Å². The third-order valence-corrected chi connectivity index (χ3v) is 5.67. The van der Waals surface area contributed by atoms with Crippen LogP contribution in [0.3, 0.4) is 0 Å². The number of amides is 1. The molecule has 1 aliphatic rings. The number of aromatic nitrogens is 1. The lowest BCUT2D eigenvalue weighted by molar-refractivity contribution is 0.0521. The molecule has 0 aliphatic carbocycles. The average molecular weight is 469 g/mol. The number of thiazole rings is 1. The molecule has 0 unspecified atom stereocenters. The summed E-state index contributed by atoms with van der Waals surface area (Å²) in [5, 5.41) is 2.33. The van der Waals surface area contributed by atoms with E-state index in [2.05, 4.69) is 10.3 Å². The number of halogens is 2. The van der Waals surface area contributed by atoms with Gasteiger partial charge in [-0.25, -0.2) is 23.4 Å². The van der Waals surface area contributed by atoms with Gasteiger partial charge in [-0.05, 0) is 64.2 Å². The maximum Gasteiger partial charge on any atom is 0.412 e. The molecule has 0 saturated carbocycles. The van der Waals surface area contributed by atoms with E-state index in [1.807, 2.05) is 0 Å². The number of nitrogens with one attached hydrogen (secondary N) is 1. The van der Waals surface area contributed by atoms with Crippen LogP contribution in [0.2, 0.25) is 0 Å². The molecular weight excluding hydrogens is 442 g/mol. The largest absolute Gasteiger partial charge is 0.461 e. The van der Waals surface area contributed by atoms with Crippen molar-refractivity contribution >= 4 is 28.4 Å². The number of nitrogens with zero attached hydrogens (tertiary/aromatic N) is 1. The normalized spacial score (nSPS) is 14.8. The van der Waals surface area contributed by atoms with E-state index < -0.39 is 29.3 Å². The number of esters is 1. The quantitative estimate of drug-likeness (QED) is 0.583. The van der Waals surface area contributed by atoms with Gasteiger partial charge in [0.25, 0.3) is 0 Å². The van der Waals surface area contributed by atoms with E-state index in [4.69, 9.17) is 14.2 Å². The summed E-state index contributed by atoms with van der Waals surface area (Å²) in [6, 6.07) is 2.58. The Bertz CT molecular complexity index is 974. The van der Waals surface area contributed by atoms with Crippen molar-refractivity contribution in [3.63, 3.8) is 0 Å². The van der Waals surface area contributed by atoms with Crippen LogP contribution in [0.25, 0.3) is 10.6 Å². The smallest absolute Gasteiger partial charge is 0.412 e. The minimum Gasteiger partial charge on any atom is -0.461 e. The summed E-state index contributed by atoms with van der Waals surface area (Å²) in [5.74, 6) is -2.39. The van der Waals surface area contributed by atoms with Crippen molar-refractivity contribution in [3.8, 4) is 10.6 Å². The van der Waals surface area contributed by atoms with E-state index >= 15 is 0 Å². The van der Waals surface area contributed by atoms with Crippen LogP contribution >= 0.6 is 11.3 Å². The van der Waals surface area contributed by atoms with Gasteiger partial charge in [-0.15, -0.1) is 0 Å². The highest BCUT2D eigenvalue weighted by molar-refractivity contribution is 7.19. The van der Waals surface area contributed by atoms with Crippen molar-refractivity contribution in [2.45, 2.75) is 52.1 Å². The van der Waals surface area contributed by atoms with Crippen LogP contribution in [0.15, 0.2) is 12.1 Å². The minimum atomic E-state index is -0.825. The van der Waals surface area contributed by atoms with E-state index in [1.54, 1.807) is 27.7 Å². The number of rotatable bonds is 5. The zero-order chi connectivity index (χ0) is 23.5. The number of carbonyl (C=O) groups is 2. The molecule has 3 rings (SSSR count). The van der Waals surface area contributed by atoms with Crippen LogP contribution in [0.5, 0.6) is 0 Å². The Morgan fingerprint density at radius 3 is 2.41 bits per heavy atom. The molecule has 1 aliphatic heterocycles. The fourth-order valence-corrected chi connectivity index (χ4v) is 4.30. The number of benzene rings is 1. The third-order valence-electron chi connectivity index (χ3n) is 4.68. The molecule has 2 aromatic rings. The summed E-state index contributed by atoms with van der Waals surface area (Å²) in [6.07, 6.45) is 0.549. The van der Waals surface area contributed by atoms with Gasteiger partial charge in [0.1, 0.15) is 27.2 Å². The third kappa shape index (κ3) is 5.80. The van der Waals surface area contributed by atoms with Crippen molar-refractivity contribution in [1.82, 2.24) is 4.98 Å². The molecule has 174 valence electrons. The highest BCUT2D eigenvalue weighted by Crippen LogP contribution is 2.38. The van der Waals surface area contributed by atoms with Crippen LogP contribution < -0.4 is 5.32 Å². The van der Waals surface area contributed by atoms with Crippen LogP contribution in [-0.4, -0.2) is 42.5 Å². The molecule has 0 radical (unpaired) electrons. The number of ether oxygens (including phenoxy) is 3. The fourth-order valence-electron chi connectivity index (χ4n) is 3.31. The Morgan fingerprint density at radius 1 is 1.22 bits per heavy atom. The first-order chi connectivity index (χ1) is 15.1. The molecule has 1 saturated heterocycles. The summed E-state index contributed by atoms with van der Waals surface area (Å²) in [6.45, 7) is 7.82. The van der Waals surface area contributed by atoms with Crippen molar-refractivity contribution in [1.29, 1.82) is 0 Å². The van der Waals surface area contributed by atoms with Crippen molar-refractivity contribution in [3.05, 3.63) is 35.0 Å². The summed E-state index contributed by atoms with van der Waals surface area (Å²) in [4.78, 5) is 28.6.